The van der Waals surface area contributed by atoms with Gasteiger partial charge in [-0.25, -0.2) is 4.98 Å². The van der Waals surface area contributed by atoms with E-state index >= 15 is 0 Å². The van der Waals surface area contributed by atoms with Crippen LogP contribution in [0.1, 0.15) is 24.0 Å². The lowest BCUT2D eigenvalue weighted by Gasteiger charge is -2.19. The molecule has 0 atom stereocenters. The van der Waals surface area contributed by atoms with Gasteiger partial charge in [0.15, 0.2) is 5.82 Å². The Kier molecular flexibility index (Phi) is 5.08. The van der Waals surface area contributed by atoms with Crippen molar-refractivity contribution in [2.75, 3.05) is 22.6 Å². The molecule has 0 radical (unpaired) electrons. The number of benzene rings is 1. The molecular formula is C17H15F3N6OS. The van der Waals surface area contributed by atoms with Gasteiger partial charge < -0.3 is 16.4 Å². The summed E-state index contributed by atoms with van der Waals surface area (Å²) in [6, 6.07) is 6.36. The number of nitrogens with two attached hydrogens (primary N) is 1. The second-order valence-corrected chi connectivity index (χ2v) is 6.96. The van der Waals surface area contributed by atoms with E-state index in [4.69, 9.17) is 5.73 Å². The standard InChI is InChI=1S/C17H15F3N6OS/c1-28-13-11(8-21)12(24-15(22)25-13)26-16(5-6-16)14(27)23-10-4-2-3-9(7-10)17(18,19)20/h2-4,7H,5-6H2,1H3,(H,23,27)(H3,22,24,25,26). The van der Waals surface area contributed by atoms with Crippen LogP contribution in [0.25, 0.3) is 0 Å². The molecule has 1 aromatic carbocycles. The molecule has 1 aromatic heterocycles. The predicted molar refractivity (Wildman–Crippen MR) is 98.6 cm³/mol. The summed E-state index contributed by atoms with van der Waals surface area (Å²) in [4.78, 5) is 20.7. The molecule has 0 unspecified atom stereocenters. The number of anilines is 3. The van der Waals surface area contributed by atoms with Crippen molar-refractivity contribution in [1.82, 2.24) is 9.97 Å². The van der Waals surface area contributed by atoms with Crippen molar-refractivity contribution < 1.29 is 18.0 Å². The molecule has 0 aliphatic heterocycles. The van der Waals surface area contributed by atoms with Gasteiger partial charge in [-0.3, -0.25) is 4.79 Å². The van der Waals surface area contributed by atoms with Crippen molar-refractivity contribution in [2.45, 2.75) is 29.6 Å². The molecule has 1 saturated carbocycles. The summed E-state index contributed by atoms with van der Waals surface area (Å²) >= 11 is 1.21. The fraction of sp³-hybridized carbons (Fsp3) is 0.294. The number of amides is 1. The monoisotopic (exact) mass is 408 g/mol. The van der Waals surface area contributed by atoms with Gasteiger partial charge in [-0.05, 0) is 37.3 Å². The van der Waals surface area contributed by atoms with E-state index in [1.165, 1.54) is 23.9 Å². The Morgan fingerprint density at radius 3 is 2.64 bits per heavy atom. The van der Waals surface area contributed by atoms with Gasteiger partial charge in [0.1, 0.15) is 22.2 Å². The van der Waals surface area contributed by atoms with Gasteiger partial charge in [-0.2, -0.15) is 23.4 Å². The zero-order valence-electron chi connectivity index (χ0n) is 14.6. The molecule has 1 aliphatic rings. The van der Waals surface area contributed by atoms with Crippen LogP contribution in [0.2, 0.25) is 0 Å². The first kappa shape index (κ1) is 19.8. The number of nitrogens with zero attached hydrogens (tertiary/aromatic N) is 3. The van der Waals surface area contributed by atoms with Crippen molar-refractivity contribution in [3.8, 4) is 6.07 Å². The molecule has 0 bridgehead atoms. The van der Waals surface area contributed by atoms with E-state index in [0.717, 1.165) is 12.1 Å². The third kappa shape index (κ3) is 3.96. The molecule has 1 aliphatic carbocycles. The number of hydrogen-bond acceptors (Lipinski definition) is 7. The lowest BCUT2D eigenvalue weighted by Crippen LogP contribution is -2.37. The molecule has 146 valence electrons. The lowest BCUT2D eigenvalue weighted by atomic mass is 10.1. The number of thioether (sulfide) groups is 1. The fourth-order valence-corrected chi connectivity index (χ4v) is 3.11. The molecule has 1 amide bonds. The average molecular weight is 408 g/mol. The molecule has 3 rings (SSSR count). The fourth-order valence-electron chi connectivity index (χ4n) is 2.58. The minimum absolute atomic E-state index is 0.0282. The predicted octanol–water partition coefficient (Wildman–Crippen LogP) is 3.25. The van der Waals surface area contributed by atoms with Crippen molar-refractivity contribution in [1.29, 1.82) is 5.26 Å². The summed E-state index contributed by atoms with van der Waals surface area (Å²) in [5.74, 6) is -0.449. The van der Waals surface area contributed by atoms with Crippen LogP contribution >= 0.6 is 11.8 Å². The third-order valence-corrected chi connectivity index (χ3v) is 4.87. The molecular weight excluding hydrogens is 393 g/mol. The summed E-state index contributed by atoms with van der Waals surface area (Å²) in [7, 11) is 0. The van der Waals surface area contributed by atoms with Gasteiger partial charge >= 0.3 is 6.18 Å². The van der Waals surface area contributed by atoms with Crippen LogP contribution in [0.4, 0.5) is 30.6 Å². The number of rotatable bonds is 5. The molecule has 7 nitrogen and oxygen atoms in total. The number of carbonyl (C=O) groups excluding carboxylic acids is 1. The minimum Gasteiger partial charge on any atom is -0.368 e. The number of nitrogen functional groups attached to an aromatic ring is 1. The Morgan fingerprint density at radius 2 is 2.07 bits per heavy atom. The van der Waals surface area contributed by atoms with Gasteiger partial charge in [0.25, 0.3) is 0 Å². The molecule has 28 heavy (non-hydrogen) atoms. The summed E-state index contributed by atoms with van der Waals surface area (Å²) in [6.07, 6.45) is -1.92. The molecule has 1 fully saturated rings. The highest BCUT2D eigenvalue weighted by Crippen LogP contribution is 2.41. The van der Waals surface area contributed by atoms with Crippen molar-refractivity contribution >= 4 is 35.1 Å². The van der Waals surface area contributed by atoms with E-state index in [-0.39, 0.29) is 23.0 Å². The van der Waals surface area contributed by atoms with E-state index in [1.54, 1.807) is 6.26 Å². The van der Waals surface area contributed by atoms with E-state index in [1.807, 2.05) is 6.07 Å². The first-order valence-electron chi connectivity index (χ1n) is 8.07. The summed E-state index contributed by atoms with van der Waals surface area (Å²) in [5.41, 5.74) is 3.91. The largest absolute Gasteiger partial charge is 0.416 e. The highest BCUT2D eigenvalue weighted by atomic mass is 32.2. The van der Waals surface area contributed by atoms with Crippen molar-refractivity contribution in [3.05, 3.63) is 35.4 Å². The zero-order chi connectivity index (χ0) is 20.5. The Balaban J connectivity index is 1.83. The van der Waals surface area contributed by atoms with Crippen molar-refractivity contribution in [3.63, 3.8) is 0 Å². The number of nitrogens with one attached hydrogen (secondary N) is 2. The van der Waals surface area contributed by atoms with Gasteiger partial charge in [0.2, 0.25) is 11.9 Å². The van der Waals surface area contributed by atoms with Crippen molar-refractivity contribution in [2.24, 2.45) is 0 Å². The lowest BCUT2D eigenvalue weighted by molar-refractivity contribution is -0.137. The number of carbonyl (C=O) groups is 1. The van der Waals surface area contributed by atoms with E-state index in [9.17, 15) is 23.2 Å². The number of halogens is 3. The maximum atomic E-state index is 12.8. The maximum Gasteiger partial charge on any atom is 0.416 e. The first-order chi connectivity index (χ1) is 13.2. The van der Waals surface area contributed by atoms with E-state index in [2.05, 4.69) is 20.6 Å². The second-order valence-electron chi connectivity index (χ2n) is 6.17. The van der Waals surface area contributed by atoms with E-state index < -0.39 is 23.2 Å². The van der Waals surface area contributed by atoms with Crippen LogP contribution in [-0.4, -0.2) is 27.7 Å². The molecule has 0 saturated heterocycles. The smallest absolute Gasteiger partial charge is 0.368 e. The number of alkyl halides is 3. The number of aromatic nitrogens is 2. The van der Waals surface area contributed by atoms with Crippen LogP contribution in [0, 0.1) is 11.3 Å². The Morgan fingerprint density at radius 1 is 1.36 bits per heavy atom. The van der Waals surface area contributed by atoms with Gasteiger partial charge in [0, 0.05) is 5.69 Å². The quantitative estimate of drug-likeness (QED) is 0.514. The second kappa shape index (κ2) is 7.20. The Hall–Kier alpha value is -3.00. The van der Waals surface area contributed by atoms with Crippen LogP contribution in [0.3, 0.4) is 0 Å². The Labute approximate surface area is 162 Å². The number of nitriles is 1. The van der Waals surface area contributed by atoms with Gasteiger partial charge in [-0.1, -0.05) is 6.07 Å². The van der Waals surface area contributed by atoms with Crippen LogP contribution in [0.5, 0.6) is 0 Å². The molecule has 4 N–H and O–H groups in total. The van der Waals surface area contributed by atoms with Gasteiger partial charge in [-0.15, -0.1) is 11.8 Å². The Bertz CT molecular complexity index is 968. The van der Waals surface area contributed by atoms with Crippen LogP contribution < -0.4 is 16.4 Å². The highest BCUT2D eigenvalue weighted by Gasteiger charge is 2.51. The molecule has 1 heterocycles. The highest BCUT2D eigenvalue weighted by molar-refractivity contribution is 7.98. The topological polar surface area (TPSA) is 117 Å². The SMILES string of the molecule is CSc1nc(N)nc(NC2(C(=O)Nc3cccc(C(F)(F)F)c3)CC2)c1C#N. The number of hydrogen-bond donors (Lipinski definition) is 3. The molecule has 2 aromatic rings. The summed E-state index contributed by atoms with van der Waals surface area (Å²) in [6.45, 7) is 0. The normalized spacial score (nSPS) is 14.8. The minimum atomic E-state index is -4.51. The molecule has 11 heteroatoms. The summed E-state index contributed by atoms with van der Waals surface area (Å²) < 4.78 is 38.5. The average Bonchev–Trinajstić information content (AvgIpc) is 3.41. The van der Waals surface area contributed by atoms with E-state index in [0.29, 0.717) is 17.9 Å². The summed E-state index contributed by atoms with van der Waals surface area (Å²) in [5, 5.41) is 15.2. The van der Waals surface area contributed by atoms with Gasteiger partial charge in [0.05, 0.1) is 5.56 Å². The zero-order valence-corrected chi connectivity index (χ0v) is 15.4. The third-order valence-electron chi connectivity index (χ3n) is 4.19. The molecule has 0 spiro atoms. The first-order valence-corrected chi connectivity index (χ1v) is 9.29. The van der Waals surface area contributed by atoms with Crippen LogP contribution in [0.15, 0.2) is 29.3 Å². The van der Waals surface area contributed by atoms with Crippen LogP contribution in [-0.2, 0) is 11.0 Å². The maximum absolute atomic E-state index is 12.8.